The molecule has 0 unspecified atom stereocenters. The molecule has 1 aromatic heterocycles. The SMILES string of the molecule is Cc1ccc(Cn2cc(COCCOCCN3C(=O)C=CC3=O)nn2)cc1. The maximum absolute atomic E-state index is 11.4. The number of ether oxygens (including phenoxy) is 2. The monoisotopic (exact) mass is 370 g/mol. The second kappa shape index (κ2) is 9.20. The second-order valence-electron chi connectivity index (χ2n) is 6.22. The van der Waals surface area contributed by atoms with E-state index in [0.29, 0.717) is 26.4 Å². The van der Waals surface area contributed by atoms with E-state index in [1.807, 2.05) is 6.20 Å². The van der Waals surface area contributed by atoms with Crippen LogP contribution in [0.1, 0.15) is 16.8 Å². The maximum Gasteiger partial charge on any atom is 0.253 e. The molecule has 0 spiro atoms. The number of carbonyl (C=O) groups is 2. The van der Waals surface area contributed by atoms with E-state index < -0.39 is 0 Å². The molecule has 2 amide bonds. The summed E-state index contributed by atoms with van der Waals surface area (Å²) >= 11 is 0. The second-order valence-corrected chi connectivity index (χ2v) is 6.22. The van der Waals surface area contributed by atoms with Crippen molar-refractivity contribution in [1.82, 2.24) is 19.9 Å². The first-order valence-corrected chi connectivity index (χ1v) is 8.75. The summed E-state index contributed by atoms with van der Waals surface area (Å²) in [6, 6.07) is 8.29. The average molecular weight is 370 g/mol. The smallest absolute Gasteiger partial charge is 0.253 e. The highest BCUT2D eigenvalue weighted by atomic mass is 16.5. The van der Waals surface area contributed by atoms with E-state index in [9.17, 15) is 9.59 Å². The van der Waals surface area contributed by atoms with Crippen molar-refractivity contribution in [1.29, 1.82) is 0 Å². The number of benzene rings is 1. The molecule has 8 heteroatoms. The van der Waals surface area contributed by atoms with Crippen LogP contribution in [0.25, 0.3) is 0 Å². The zero-order valence-electron chi connectivity index (χ0n) is 15.2. The van der Waals surface area contributed by atoms with E-state index in [2.05, 4.69) is 41.5 Å². The van der Waals surface area contributed by atoms with Gasteiger partial charge in [0.1, 0.15) is 5.69 Å². The standard InChI is InChI=1S/C19H22N4O4/c1-15-2-4-16(5-3-15)12-22-13-17(20-21-22)14-27-11-10-26-9-8-23-18(24)6-7-19(23)25/h2-7,13H,8-12,14H2,1H3. The molecule has 0 aliphatic carbocycles. The Morgan fingerprint density at radius 1 is 0.963 bits per heavy atom. The van der Waals surface area contributed by atoms with Crippen molar-refractivity contribution in [2.24, 2.45) is 0 Å². The molecule has 0 fully saturated rings. The van der Waals surface area contributed by atoms with Crippen LogP contribution in [0.3, 0.4) is 0 Å². The first-order chi connectivity index (χ1) is 13.1. The lowest BCUT2D eigenvalue weighted by Gasteiger charge is -2.13. The highest BCUT2D eigenvalue weighted by Crippen LogP contribution is 2.06. The number of aromatic nitrogens is 3. The van der Waals surface area contributed by atoms with Gasteiger partial charge in [0.05, 0.1) is 45.7 Å². The molecule has 142 valence electrons. The van der Waals surface area contributed by atoms with E-state index in [0.717, 1.165) is 16.2 Å². The molecule has 2 aromatic rings. The fourth-order valence-electron chi connectivity index (χ4n) is 2.57. The fourth-order valence-corrected chi connectivity index (χ4v) is 2.57. The fraction of sp³-hybridized carbons (Fsp3) is 0.368. The molecule has 0 bridgehead atoms. The number of carbonyl (C=O) groups excluding carboxylic acids is 2. The summed E-state index contributed by atoms with van der Waals surface area (Å²) in [6.07, 6.45) is 4.38. The number of hydrogen-bond donors (Lipinski definition) is 0. The minimum absolute atomic E-state index is 0.248. The van der Waals surface area contributed by atoms with Crippen LogP contribution in [-0.2, 0) is 32.2 Å². The number of hydrogen-bond acceptors (Lipinski definition) is 6. The van der Waals surface area contributed by atoms with Gasteiger partial charge in [-0.2, -0.15) is 0 Å². The Balaban J connectivity index is 1.28. The van der Waals surface area contributed by atoms with Crippen LogP contribution < -0.4 is 0 Å². The number of imide groups is 1. The summed E-state index contributed by atoms with van der Waals surface area (Å²) in [6.45, 7) is 4.38. The summed E-state index contributed by atoms with van der Waals surface area (Å²) in [5, 5.41) is 8.19. The average Bonchev–Trinajstić information content (AvgIpc) is 3.23. The lowest BCUT2D eigenvalue weighted by Crippen LogP contribution is -2.33. The van der Waals surface area contributed by atoms with Gasteiger partial charge >= 0.3 is 0 Å². The third kappa shape index (κ3) is 5.57. The van der Waals surface area contributed by atoms with Crippen molar-refractivity contribution in [3.63, 3.8) is 0 Å². The molecule has 1 aliphatic rings. The van der Waals surface area contributed by atoms with Gasteiger partial charge in [-0.25, -0.2) is 4.68 Å². The predicted octanol–water partition coefficient (Wildman–Crippen LogP) is 1.09. The van der Waals surface area contributed by atoms with E-state index >= 15 is 0 Å². The van der Waals surface area contributed by atoms with Crippen molar-refractivity contribution < 1.29 is 19.1 Å². The van der Waals surface area contributed by atoms with Crippen molar-refractivity contribution in [2.45, 2.75) is 20.1 Å². The first-order valence-electron chi connectivity index (χ1n) is 8.75. The maximum atomic E-state index is 11.4. The molecule has 8 nitrogen and oxygen atoms in total. The van der Waals surface area contributed by atoms with Crippen LogP contribution in [0.5, 0.6) is 0 Å². The summed E-state index contributed by atoms with van der Waals surface area (Å²) in [5.74, 6) is -0.595. The molecular weight excluding hydrogens is 348 g/mol. The molecule has 0 atom stereocenters. The van der Waals surface area contributed by atoms with Crippen LogP contribution in [0.4, 0.5) is 0 Å². The molecule has 2 heterocycles. The van der Waals surface area contributed by atoms with Crippen LogP contribution in [-0.4, -0.2) is 58.1 Å². The zero-order valence-corrected chi connectivity index (χ0v) is 15.2. The third-order valence-corrected chi connectivity index (χ3v) is 4.03. The number of aryl methyl sites for hydroxylation is 1. The van der Waals surface area contributed by atoms with Gasteiger partial charge in [0.2, 0.25) is 0 Å². The minimum Gasteiger partial charge on any atom is -0.377 e. The zero-order chi connectivity index (χ0) is 19.1. The normalized spacial score (nSPS) is 13.7. The molecule has 27 heavy (non-hydrogen) atoms. The van der Waals surface area contributed by atoms with Gasteiger partial charge in [-0.1, -0.05) is 35.0 Å². The minimum atomic E-state index is -0.298. The Bertz CT molecular complexity index is 795. The Morgan fingerprint density at radius 3 is 2.41 bits per heavy atom. The molecule has 0 saturated carbocycles. The third-order valence-electron chi connectivity index (χ3n) is 4.03. The molecule has 1 aliphatic heterocycles. The number of nitrogens with zero attached hydrogens (tertiary/aromatic N) is 4. The molecule has 0 N–H and O–H groups in total. The Morgan fingerprint density at radius 2 is 1.67 bits per heavy atom. The molecule has 3 rings (SSSR count). The van der Waals surface area contributed by atoms with Gasteiger partial charge in [-0.15, -0.1) is 5.10 Å². The molecular formula is C19H22N4O4. The summed E-state index contributed by atoms with van der Waals surface area (Å²) in [5.41, 5.74) is 3.14. The van der Waals surface area contributed by atoms with Crippen LogP contribution >= 0.6 is 0 Å². The van der Waals surface area contributed by atoms with Gasteiger partial charge in [0.15, 0.2) is 0 Å². The first kappa shape index (κ1) is 18.9. The van der Waals surface area contributed by atoms with Gasteiger partial charge < -0.3 is 9.47 Å². The van der Waals surface area contributed by atoms with Gasteiger partial charge in [0.25, 0.3) is 11.8 Å². The highest BCUT2D eigenvalue weighted by molar-refractivity contribution is 6.12. The van der Waals surface area contributed by atoms with Crippen molar-refractivity contribution in [3.05, 3.63) is 59.4 Å². The van der Waals surface area contributed by atoms with E-state index in [4.69, 9.17) is 9.47 Å². The van der Waals surface area contributed by atoms with Gasteiger partial charge in [-0.3, -0.25) is 14.5 Å². The van der Waals surface area contributed by atoms with Gasteiger partial charge in [0, 0.05) is 12.2 Å². The topological polar surface area (TPSA) is 86.5 Å². The Kier molecular flexibility index (Phi) is 6.45. The lowest BCUT2D eigenvalue weighted by atomic mass is 10.1. The van der Waals surface area contributed by atoms with Gasteiger partial charge in [-0.05, 0) is 12.5 Å². The van der Waals surface area contributed by atoms with Crippen molar-refractivity contribution in [3.8, 4) is 0 Å². The van der Waals surface area contributed by atoms with E-state index in [-0.39, 0.29) is 25.0 Å². The highest BCUT2D eigenvalue weighted by Gasteiger charge is 2.22. The quantitative estimate of drug-likeness (QED) is 0.460. The largest absolute Gasteiger partial charge is 0.377 e. The Labute approximate surface area is 157 Å². The molecule has 0 saturated heterocycles. The van der Waals surface area contributed by atoms with E-state index in [1.54, 1.807) is 4.68 Å². The predicted molar refractivity (Wildman–Crippen MR) is 96.6 cm³/mol. The van der Waals surface area contributed by atoms with Crippen LogP contribution in [0, 0.1) is 6.92 Å². The van der Waals surface area contributed by atoms with Crippen LogP contribution in [0.2, 0.25) is 0 Å². The number of amides is 2. The van der Waals surface area contributed by atoms with Crippen molar-refractivity contribution in [2.75, 3.05) is 26.4 Å². The lowest BCUT2D eigenvalue weighted by molar-refractivity contribution is -0.137. The van der Waals surface area contributed by atoms with Crippen LogP contribution in [0.15, 0.2) is 42.6 Å². The van der Waals surface area contributed by atoms with Crippen molar-refractivity contribution >= 4 is 11.8 Å². The molecule has 1 aromatic carbocycles. The Hall–Kier alpha value is -2.84. The number of rotatable bonds is 10. The molecule has 0 radical (unpaired) electrons. The summed E-state index contributed by atoms with van der Waals surface area (Å²) in [7, 11) is 0. The van der Waals surface area contributed by atoms with E-state index in [1.165, 1.54) is 17.7 Å². The summed E-state index contributed by atoms with van der Waals surface area (Å²) in [4.78, 5) is 23.9. The summed E-state index contributed by atoms with van der Waals surface area (Å²) < 4.78 is 12.7.